The molecule has 0 aromatic rings. The molecule has 0 bridgehead atoms. The van der Waals surface area contributed by atoms with Gasteiger partial charge in [-0.3, -0.25) is 9.59 Å². The topological polar surface area (TPSA) is 175 Å². The summed E-state index contributed by atoms with van der Waals surface area (Å²) in [5, 5.41) is 54.2. The van der Waals surface area contributed by atoms with Crippen LogP contribution in [0, 0.1) is 0 Å². The molecule has 0 saturated carbocycles. The Hall–Kier alpha value is -2.38. The zero-order chi connectivity index (χ0) is 55.9. The van der Waals surface area contributed by atoms with Crippen molar-refractivity contribution in [1.82, 2.24) is 5.32 Å². The summed E-state index contributed by atoms with van der Waals surface area (Å²) in [7, 11) is 0. The Balaban J connectivity index is 1.97. The minimum absolute atomic E-state index is 0.00838. The third-order valence-electron chi connectivity index (χ3n) is 15.2. The highest BCUT2D eigenvalue weighted by molar-refractivity contribution is 5.76. The number of hydrogen-bond donors (Lipinski definition) is 6. The number of unbranched alkanes of at least 4 members (excludes halogenated alkanes) is 36. The molecule has 1 rings (SSSR count). The van der Waals surface area contributed by atoms with Gasteiger partial charge >= 0.3 is 5.97 Å². The van der Waals surface area contributed by atoms with Crippen molar-refractivity contribution >= 4 is 11.9 Å². The van der Waals surface area contributed by atoms with E-state index in [1.54, 1.807) is 6.08 Å². The smallest absolute Gasteiger partial charge is 0.305 e. The number of hydrogen-bond acceptors (Lipinski definition) is 10. The van der Waals surface area contributed by atoms with Crippen molar-refractivity contribution in [3.8, 4) is 0 Å². The van der Waals surface area contributed by atoms with Crippen molar-refractivity contribution in [3.05, 3.63) is 48.6 Å². The van der Waals surface area contributed by atoms with E-state index >= 15 is 0 Å². The molecule has 77 heavy (non-hydrogen) atoms. The molecule has 1 aliphatic heterocycles. The Morgan fingerprint density at radius 1 is 0.481 bits per heavy atom. The number of amides is 1. The van der Waals surface area contributed by atoms with Crippen molar-refractivity contribution in [1.29, 1.82) is 0 Å². The predicted molar refractivity (Wildman–Crippen MR) is 320 cm³/mol. The Labute approximate surface area is 472 Å². The minimum atomic E-state index is -1.57. The van der Waals surface area contributed by atoms with Crippen LogP contribution >= 0.6 is 0 Å². The Morgan fingerprint density at radius 3 is 1.35 bits per heavy atom. The van der Waals surface area contributed by atoms with Crippen molar-refractivity contribution in [2.45, 2.75) is 339 Å². The van der Waals surface area contributed by atoms with E-state index in [-0.39, 0.29) is 18.5 Å². The summed E-state index contributed by atoms with van der Waals surface area (Å²) in [6.45, 7) is 4.29. The van der Waals surface area contributed by atoms with Gasteiger partial charge in [0.15, 0.2) is 6.29 Å². The van der Waals surface area contributed by atoms with Gasteiger partial charge in [0, 0.05) is 12.8 Å². The fraction of sp³-hybridized carbons (Fsp3) is 0.848. The van der Waals surface area contributed by atoms with Gasteiger partial charge in [0.1, 0.15) is 24.4 Å². The molecule has 11 heteroatoms. The van der Waals surface area contributed by atoms with E-state index in [2.05, 4.69) is 55.6 Å². The second-order valence-corrected chi connectivity index (χ2v) is 22.5. The van der Waals surface area contributed by atoms with E-state index in [0.717, 1.165) is 83.5 Å². The number of rotatable bonds is 56. The molecule has 7 unspecified atom stereocenters. The number of nitrogens with one attached hydrogen (secondary N) is 1. The van der Waals surface area contributed by atoms with Crippen molar-refractivity contribution in [2.24, 2.45) is 0 Å². The average molecular weight is 1090 g/mol. The van der Waals surface area contributed by atoms with Crippen molar-refractivity contribution in [3.63, 3.8) is 0 Å². The lowest BCUT2D eigenvalue weighted by Crippen LogP contribution is -2.60. The summed E-state index contributed by atoms with van der Waals surface area (Å²) >= 11 is 0. The summed E-state index contributed by atoms with van der Waals surface area (Å²) in [5.41, 5.74) is 0. The van der Waals surface area contributed by atoms with Crippen LogP contribution in [0.5, 0.6) is 0 Å². The molecule has 1 fully saturated rings. The Morgan fingerprint density at radius 2 is 0.870 bits per heavy atom. The first-order valence-electron chi connectivity index (χ1n) is 32.4. The Bertz CT molecular complexity index is 1420. The molecule has 1 heterocycles. The molecule has 0 radical (unpaired) electrons. The van der Waals surface area contributed by atoms with Gasteiger partial charge in [0.2, 0.25) is 5.91 Å². The van der Waals surface area contributed by atoms with Crippen molar-refractivity contribution < 1.29 is 49.3 Å². The molecule has 450 valence electrons. The second kappa shape index (κ2) is 55.5. The van der Waals surface area contributed by atoms with Crippen LogP contribution < -0.4 is 5.32 Å². The fourth-order valence-corrected chi connectivity index (χ4v) is 9.99. The number of carbonyl (C=O) groups excluding carboxylic acids is 2. The first-order chi connectivity index (χ1) is 37.7. The monoisotopic (exact) mass is 1090 g/mol. The zero-order valence-electron chi connectivity index (χ0n) is 49.7. The summed E-state index contributed by atoms with van der Waals surface area (Å²) in [6, 6.07) is -0.814. The van der Waals surface area contributed by atoms with E-state index < -0.39 is 49.5 Å². The quantitative estimate of drug-likeness (QED) is 0.0195. The van der Waals surface area contributed by atoms with Gasteiger partial charge in [-0.1, -0.05) is 242 Å². The lowest BCUT2D eigenvalue weighted by atomic mass is 9.99. The maximum Gasteiger partial charge on any atom is 0.305 e. The maximum absolute atomic E-state index is 13.0. The Kier molecular flexibility index (Phi) is 52.4. The highest BCUT2D eigenvalue weighted by atomic mass is 16.7. The van der Waals surface area contributed by atoms with Gasteiger partial charge in [0.25, 0.3) is 0 Å². The van der Waals surface area contributed by atoms with Gasteiger partial charge in [-0.25, -0.2) is 0 Å². The van der Waals surface area contributed by atoms with E-state index in [1.165, 1.54) is 186 Å². The normalized spacial score (nSPS) is 18.9. The summed E-state index contributed by atoms with van der Waals surface area (Å²) in [6.07, 6.45) is 60.9. The van der Waals surface area contributed by atoms with Crippen LogP contribution in [0.2, 0.25) is 0 Å². The molecule has 11 nitrogen and oxygen atoms in total. The second-order valence-electron chi connectivity index (χ2n) is 22.5. The maximum atomic E-state index is 13.0. The highest BCUT2D eigenvalue weighted by Crippen LogP contribution is 2.23. The minimum Gasteiger partial charge on any atom is -0.466 e. The molecular weight excluding hydrogens is 967 g/mol. The molecule has 0 spiro atoms. The SMILES string of the molecule is CCCCC/C=C\C/C=C\CCCCCCCCCC(=O)OCCCCCCCCCCCCCC/C=C\CCCCCCCCCC(=O)NC(COC1OC(CO)C(O)C(O)C1O)C(O)/C=C/CCCCCCCCC. The molecule has 6 N–H and O–H groups in total. The number of esters is 1. The average Bonchev–Trinajstić information content (AvgIpc) is 3.43. The van der Waals surface area contributed by atoms with Crippen LogP contribution in [0.25, 0.3) is 0 Å². The van der Waals surface area contributed by atoms with Crippen LogP contribution in [0.1, 0.15) is 296 Å². The first kappa shape index (κ1) is 72.6. The van der Waals surface area contributed by atoms with Crippen LogP contribution in [-0.2, 0) is 23.8 Å². The van der Waals surface area contributed by atoms with Crippen LogP contribution in [0.3, 0.4) is 0 Å². The predicted octanol–water partition coefficient (Wildman–Crippen LogP) is 15.6. The highest BCUT2D eigenvalue weighted by Gasteiger charge is 2.44. The third-order valence-corrected chi connectivity index (χ3v) is 15.2. The molecule has 0 aliphatic carbocycles. The van der Waals surface area contributed by atoms with E-state index in [0.29, 0.717) is 19.4 Å². The summed E-state index contributed by atoms with van der Waals surface area (Å²) < 4.78 is 16.7. The third kappa shape index (κ3) is 45.0. The van der Waals surface area contributed by atoms with Crippen LogP contribution in [0.15, 0.2) is 48.6 Å². The van der Waals surface area contributed by atoms with Gasteiger partial charge in [0.05, 0.1) is 32.0 Å². The van der Waals surface area contributed by atoms with Crippen LogP contribution in [-0.4, -0.2) is 100 Å². The van der Waals surface area contributed by atoms with E-state index in [4.69, 9.17) is 14.2 Å². The number of ether oxygens (including phenoxy) is 3. The molecule has 0 aromatic carbocycles. The molecule has 1 saturated heterocycles. The standard InChI is InChI=1S/C66H121NO10/c1-3-5-7-9-11-13-14-15-16-24-28-31-34-38-42-46-50-54-62(71)75-55-51-47-43-39-35-32-29-26-23-21-19-17-18-20-22-25-27-30-33-37-41-45-49-53-61(70)67-58(59(69)52-48-44-40-36-12-10-8-6-4-2)57-76-66-65(74)64(73)63(72)60(56-68)77-66/h11,13,15-16,20,22,48,52,58-60,63-66,68-69,72-74H,3-10,12,14,17-19,21,23-47,49-51,53-57H2,1-2H3,(H,67,70)/b13-11-,16-15-,22-20-,52-48+. The first-order valence-corrected chi connectivity index (χ1v) is 32.4. The van der Waals surface area contributed by atoms with Gasteiger partial charge in [-0.2, -0.15) is 0 Å². The lowest BCUT2D eigenvalue weighted by molar-refractivity contribution is -0.302. The van der Waals surface area contributed by atoms with E-state index in [1.807, 2.05) is 6.08 Å². The van der Waals surface area contributed by atoms with Gasteiger partial charge in [-0.05, 0) is 89.9 Å². The molecule has 1 amide bonds. The van der Waals surface area contributed by atoms with Crippen molar-refractivity contribution in [2.75, 3.05) is 19.8 Å². The fourth-order valence-electron chi connectivity index (χ4n) is 9.99. The lowest BCUT2D eigenvalue weighted by Gasteiger charge is -2.40. The molecular formula is C66H121NO10. The van der Waals surface area contributed by atoms with E-state index in [9.17, 15) is 35.1 Å². The number of carbonyl (C=O) groups is 2. The zero-order valence-corrected chi connectivity index (χ0v) is 49.7. The number of aliphatic hydroxyl groups excluding tert-OH is 5. The summed E-state index contributed by atoms with van der Waals surface area (Å²) in [5.74, 6) is -0.199. The molecule has 1 aliphatic rings. The molecule has 7 atom stereocenters. The molecule has 0 aromatic heterocycles. The van der Waals surface area contributed by atoms with Gasteiger partial charge in [-0.15, -0.1) is 0 Å². The van der Waals surface area contributed by atoms with Crippen LogP contribution in [0.4, 0.5) is 0 Å². The van der Waals surface area contributed by atoms with Gasteiger partial charge < -0.3 is 45.1 Å². The summed E-state index contributed by atoms with van der Waals surface area (Å²) in [4.78, 5) is 25.1. The largest absolute Gasteiger partial charge is 0.466 e. The number of aliphatic hydroxyl groups is 5. The number of allylic oxidation sites excluding steroid dienone is 7.